The highest BCUT2D eigenvalue weighted by atomic mass is 35.5. The zero-order valence-corrected chi connectivity index (χ0v) is 17.8. The van der Waals surface area contributed by atoms with E-state index in [0.29, 0.717) is 33.0 Å². The van der Waals surface area contributed by atoms with E-state index in [9.17, 15) is 13.9 Å². The molecule has 1 fully saturated rings. The Kier molecular flexibility index (Phi) is 5.89. The first-order chi connectivity index (χ1) is 13.9. The van der Waals surface area contributed by atoms with Gasteiger partial charge in [-0.05, 0) is 36.5 Å². The van der Waals surface area contributed by atoms with Crippen LogP contribution in [-0.4, -0.2) is 36.5 Å². The first kappa shape index (κ1) is 20.3. The molecule has 2 aromatic heterocycles. The van der Waals surface area contributed by atoms with Crippen LogP contribution in [0.1, 0.15) is 34.8 Å². The highest BCUT2D eigenvalue weighted by molar-refractivity contribution is 8.24. The Morgan fingerprint density at radius 3 is 2.62 bits per heavy atom. The summed E-state index contributed by atoms with van der Waals surface area (Å²) in [5, 5.41) is 5.71. The lowest BCUT2D eigenvalue weighted by Crippen LogP contribution is -2.20. The van der Waals surface area contributed by atoms with Crippen molar-refractivity contribution in [3.05, 3.63) is 64.3 Å². The number of aromatic nitrogens is 2. The number of nitrogens with one attached hydrogen (secondary N) is 1. The van der Waals surface area contributed by atoms with Crippen LogP contribution in [0.4, 0.5) is 5.13 Å². The number of anilines is 1. The number of carbonyl (C=O) groups is 1. The van der Waals surface area contributed by atoms with E-state index in [4.69, 9.17) is 11.6 Å². The van der Waals surface area contributed by atoms with Crippen molar-refractivity contribution >= 4 is 44.6 Å². The van der Waals surface area contributed by atoms with Crippen LogP contribution in [0.25, 0.3) is 11.3 Å². The first-order valence-electron chi connectivity index (χ1n) is 9.13. The third-order valence-corrected chi connectivity index (χ3v) is 7.82. The number of benzene rings is 1. The van der Waals surface area contributed by atoms with E-state index in [0.717, 1.165) is 24.0 Å². The summed E-state index contributed by atoms with van der Waals surface area (Å²) in [7, 11) is -2.40. The molecule has 1 aliphatic rings. The van der Waals surface area contributed by atoms with Gasteiger partial charge >= 0.3 is 0 Å². The Bertz CT molecular complexity index is 1010. The van der Waals surface area contributed by atoms with Gasteiger partial charge in [0, 0.05) is 33.7 Å². The number of pyridine rings is 1. The summed E-state index contributed by atoms with van der Waals surface area (Å²) < 4.78 is 19.5. The molecule has 6 nitrogen and oxygen atoms in total. The van der Waals surface area contributed by atoms with Crippen LogP contribution >= 0.6 is 33.5 Å². The van der Waals surface area contributed by atoms with Crippen molar-refractivity contribution in [2.24, 2.45) is 0 Å². The molecule has 1 aliphatic heterocycles. The number of thiazole rings is 1. The number of halogens is 1. The maximum atomic E-state index is 12.5. The molecule has 9 heteroatoms. The van der Waals surface area contributed by atoms with Gasteiger partial charge in [-0.15, -0.1) is 11.3 Å². The molecule has 0 aliphatic carbocycles. The van der Waals surface area contributed by atoms with Crippen LogP contribution in [0.3, 0.4) is 0 Å². The lowest BCUT2D eigenvalue weighted by Gasteiger charge is -2.39. The molecule has 3 N–H and O–H groups in total. The zero-order valence-electron chi connectivity index (χ0n) is 15.4. The lowest BCUT2D eigenvalue weighted by atomic mass is 9.95. The molecule has 0 unspecified atom stereocenters. The van der Waals surface area contributed by atoms with Crippen LogP contribution in [0.15, 0.2) is 48.0 Å². The van der Waals surface area contributed by atoms with Gasteiger partial charge in [-0.25, -0.2) is 4.98 Å². The van der Waals surface area contributed by atoms with Crippen molar-refractivity contribution in [3.63, 3.8) is 0 Å². The number of nitrogens with zero attached hydrogens (tertiary/aromatic N) is 2. The predicted molar refractivity (Wildman–Crippen MR) is 119 cm³/mol. The van der Waals surface area contributed by atoms with Crippen LogP contribution in [0.2, 0.25) is 5.02 Å². The summed E-state index contributed by atoms with van der Waals surface area (Å²) in [5.74, 6) is 0.779. The number of hydrogen-bond acceptors (Lipinski definition) is 6. The minimum Gasteiger partial charge on any atom is -0.299 e. The first-order valence-corrected chi connectivity index (χ1v) is 12.3. The van der Waals surface area contributed by atoms with E-state index in [-0.39, 0.29) is 11.8 Å². The fourth-order valence-corrected chi connectivity index (χ4v) is 5.77. The number of carbonyl (C=O) groups excluding carboxylic acids is 1. The quantitative estimate of drug-likeness (QED) is 0.472. The minimum atomic E-state index is -2.40. The fourth-order valence-electron chi connectivity index (χ4n) is 3.31. The maximum Gasteiger partial charge on any atom is 0.276 e. The Balaban J connectivity index is 1.41. The van der Waals surface area contributed by atoms with Gasteiger partial charge in [0.25, 0.3) is 5.91 Å². The van der Waals surface area contributed by atoms with Crippen molar-refractivity contribution in [3.8, 4) is 11.3 Å². The molecule has 152 valence electrons. The van der Waals surface area contributed by atoms with E-state index in [1.807, 2.05) is 29.6 Å². The minimum absolute atomic E-state index is 0.247. The van der Waals surface area contributed by atoms with E-state index in [1.54, 1.807) is 18.3 Å². The average molecular weight is 450 g/mol. The Morgan fingerprint density at radius 2 is 1.93 bits per heavy atom. The third kappa shape index (κ3) is 4.79. The van der Waals surface area contributed by atoms with E-state index in [1.165, 1.54) is 11.3 Å². The summed E-state index contributed by atoms with van der Waals surface area (Å²) in [6.45, 7) is 0. The van der Waals surface area contributed by atoms with Crippen LogP contribution in [-0.2, 0) is 0 Å². The van der Waals surface area contributed by atoms with Crippen LogP contribution in [0.5, 0.6) is 0 Å². The van der Waals surface area contributed by atoms with Crippen molar-refractivity contribution in [1.82, 2.24) is 9.97 Å². The van der Waals surface area contributed by atoms with Gasteiger partial charge in [-0.3, -0.25) is 24.2 Å². The van der Waals surface area contributed by atoms with Crippen molar-refractivity contribution in [1.29, 1.82) is 0 Å². The fraction of sp³-hybridized carbons (Fsp3) is 0.250. The maximum absolute atomic E-state index is 12.5. The molecular formula is C20H20ClN3O3S2. The highest BCUT2D eigenvalue weighted by Crippen LogP contribution is 2.48. The molecule has 0 bridgehead atoms. The highest BCUT2D eigenvalue weighted by Gasteiger charge is 2.25. The second-order valence-electron chi connectivity index (χ2n) is 6.93. The molecule has 29 heavy (non-hydrogen) atoms. The van der Waals surface area contributed by atoms with Crippen LogP contribution < -0.4 is 5.32 Å². The van der Waals surface area contributed by atoms with Crippen molar-refractivity contribution < 1.29 is 13.9 Å². The zero-order chi connectivity index (χ0) is 20.4. The van der Waals surface area contributed by atoms with E-state index in [2.05, 4.69) is 15.3 Å². The predicted octanol–water partition coefficient (Wildman–Crippen LogP) is 5.74. The molecule has 1 saturated heterocycles. The Labute approximate surface area is 179 Å². The van der Waals surface area contributed by atoms with Gasteiger partial charge in [0.1, 0.15) is 5.69 Å². The molecule has 3 aromatic rings. The van der Waals surface area contributed by atoms with E-state index < -0.39 is 10.6 Å². The molecule has 0 radical (unpaired) electrons. The summed E-state index contributed by atoms with van der Waals surface area (Å²) in [5.41, 5.74) is 2.86. The smallest absolute Gasteiger partial charge is 0.276 e. The topological polar surface area (TPSA) is 95.3 Å². The lowest BCUT2D eigenvalue weighted by molar-refractivity contribution is 0.102. The van der Waals surface area contributed by atoms with Gasteiger partial charge in [-0.1, -0.05) is 35.9 Å². The number of amides is 1. The third-order valence-electron chi connectivity index (χ3n) is 4.95. The standard InChI is InChI=1S/C20H20ClN3O3S2/c21-16-4-2-1-3-15(16)18-12-28-20(23-18)24-19(25)17-6-5-14(11-22-17)13-7-9-29(26,27)10-8-13/h1-6,11-13,26-27H,7-10H2,(H,23,24,25). The Hall–Kier alpha value is -1.97. The summed E-state index contributed by atoms with van der Waals surface area (Å²) in [6, 6.07) is 11.0. The molecule has 3 heterocycles. The Morgan fingerprint density at radius 1 is 1.17 bits per heavy atom. The second-order valence-corrected chi connectivity index (χ2v) is 10.6. The number of rotatable bonds is 4. The molecule has 0 spiro atoms. The number of hydrogen-bond donors (Lipinski definition) is 3. The summed E-state index contributed by atoms with van der Waals surface area (Å²) in [6.07, 6.45) is 3.15. The molecule has 1 aromatic carbocycles. The average Bonchev–Trinajstić information content (AvgIpc) is 3.16. The van der Waals surface area contributed by atoms with Crippen molar-refractivity contribution in [2.75, 3.05) is 16.8 Å². The monoisotopic (exact) mass is 449 g/mol. The van der Waals surface area contributed by atoms with Crippen LogP contribution in [0, 0.1) is 0 Å². The molecular weight excluding hydrogens is 430 g/mol. The molecule has 4 rings (SSSR count). The van der Waals surface area contributed by atoms with Crippen molar-refractivity contribution in [2.45, 2.75) is 18.8 Å². The molecule has 0 atom stereocenters. The SMILES string of the molecule is O=C(Nc1nc(-c2ccccc2Cl)cs1)c1ccc(C2CCS(O)(O)CC2)cn1. The largest absolute Gasteiger partial charge is 0.299 e. The molecule has 1 amide bonds. The summed E-state index contributed by atoms with van der Waals surface area (Å²) >= 11 is 7.53. The normalized spacial score (nSPS) is 17.6. The molecule has 0 saturated carbocycles. The summed E-state index contributed by atoms with van der Waals surface area (Å²) in [4.78, 5) is 21.2. The van der Waals surface area contributed by atoms with Gasteiger partial charge in [-0.2, -0.15) is 10.6 Å². The van der Waals surface area contributed by atoms with Gasteiger partial charge in [0.15, 0.2) is 5.13 Å². The van der Waals surface area contributed by atoms with Gasteiger partial charge in [0.2, 0.25) is 0 Å². The van der Waals surface area contributed by atoms with Gasteiger partial charge in [0.05, 0.1) is 5.69 Å². The van der Waals surface area contributed by atoms with E-state index >= 15 is 0 Å². The second kappa shape index (κ2) is 8.41. The van der Waals surface area contributed by atoms with Gasteiger partial charge < -0.3 is 0 Å².